The molecule has 0 bridgehead atoms. The Hall–Kier alpha value is -3.84. The third kappa shape index (κ3) is 3.36. The molecule has 2 aromatic carbocycles. The maximum Gasteiger partial charge on any atom is 0.174 e. The van der Waals surface area contributed by atoms with Crippen LogP contribution in [0, 0.1) is 0 Å². The number of rotatable bonds is 5. The number of phenolic OH excluding ortho intramolecular Hbond substituents is 1. The van der Waals surface area contributed by atoms with Crippen molar-refractivity contribution in [1.82, 2.24) is 14.9 Å². The Balaban J connectivity index is 1.70. The van der Waals surface area contributed by atoms with Crippen LogP contribution in [0.4, 0.5) is 5.69 Å². The summed E-state index contributed by atoms with van der Waals surface area (Å²) in [5.41, 5.74) is 3.41. The molecule has 0 aliphatic carbocycles. The van der Waals surface area contributed by atoms with E-state index < -0.39 is 0 Å². The number of aromatic hydroxyl groups is 1. The molecule has 5 rings (SSSR count). The van der Waals surface area contributed by atoms with Crippen molar-refractivity contribution in [3.8, 4) is 17.2 Å². The molecule has 2 aromatic heterocycles. The van der Waals surface area contributed by atoms with Crippen molar-refractivity contribution < 1.29 is 9.84 Å². The van der Waals surface area contributed by atoms with Gasteiger partial charge < -0.3 is 24.6 Å². The number of hydrogen-bond donors (Lipinski definition) is 2. The lowest BCUT2D eigenvalue weighted by molar-refractivity contribution is 0.412. The van der Waals surface area contributed by atoms with Gasteiger partial charge in [0.15, 0.2) is 5.11 Å². The Morgan fingerprint density at radius 2 is 1.69 bits per heavy atom. The summed E-state index contributed by atoms with van der Waals surface area (Å²) in [4.78, 5) is 6.56. The third-order valence-corrected chi connectivity index (χ3v) is 5.98. The molecular formula is C25H22N4O2S. The quantitative estimate of drug-likeness (QED) is 0.435. The highest BCUT2D eigenvalue weighted by Crippen LogP contribution is 2.45. The molecule has 3 heterocycles. The van der Waals surface area contributed by atoms with Gasteiger partial charge in [-0.1, -0.05) is 30.3 Å². The van der Waals surface area contributed by atoms with E-state index in [2.05, 4.69) is 20.9 Å². The minimum Gasteiger partial charge on any atom is -0.506 e. The zero-order valence-electron chi connectivity index (χ0n) is 17.4. The zero-order valence-corrected chi connectivity index (χ0v) is 18.2. The molecule has 1 fully saturated rings. The number of anilines is 1. The van der Waals surface area contributed by atoms with Gasteiger partial charge in [-0.15, -0.1) is 0 Å². The molecule has 0 amide bonds. The van der Waals surface area contributed by atoms with Gasteiger partial charge in [0.1, 0.15) is 17.5 Å². The van der Waals surface area contributed by atoms with Crippen molar-refractivity contribution in [2.24, 2.45) is 0 Å². The summed E-state index contributed by atoms with van der Waals surface area (Å²) >= 11 is 5.76. The molecule has 4 aromatic rings. The van der Waals surface area contributed by atoms with Gasteiger partial charge in [-0.3, -0.25) is 4.98 Å². The van der Waals surface area contributed by atoms with E-state index in [1.54, 1.807) is 25.4 Å². The summed E-state index contributed by atoms with van der Waals surface area (Å²) < 4.78 is 7.72. The van der Waals surface area contributed by atoms with Crippen LogP contribution in [0.2, 0.25) is 0 Å². The smallest absolute Gasteiger partial charge is 0.174 e. The Morgan fingerprint density at radius 3 is 2.44 bits per heavy atom. The van der Waals surface area contributed by atoms with Crippen LogP contribution >= 0.6 is 12.2 Å². The molecule has 1 aliphatic heterocycles. The average molecular weight is 443 g/mol. The van der Waals surface area contributed by atoms with Gasteiger partial charge in [-0.25, -0.2) is 0 Å². The molecule has 0 spiro atoms. The Kier molecular flexibility index (Phi) is 5.25. The molecule has 0 saturated carbocycles. The van der Waals surface area contributed by atoms with Gasteiger partial charge in [0, 0.05) is 18.1 Å². The largest absolute Gasteiger partial charge is 0.506 e. The van der Waals surface area contributed by atoms with Crippen molar-refractivity contribution in [2.45, 2.75) is 12.1 Å². The van der Waals surface area contributed by atoms with Gasteiger partial charge in [-0.05, 0) is 60.7 Å². The fraction of sp³-hybridized carbons (Fsp3) is 0.120. The van der Waals surface area contributed by atoms with Crippen LogP contribution in [0.25, 0.3) is 5.69 Å². The van der Waals surface area contributed by atoms with Gasteiger partial charge in [0.2, 0.25) is 0 Å². The second-order valence-corrected chi connectivity index (χ2v) is 7.85. The van der Waals surface area contributed by atoms with Crippen LogP contribution in [0.1, 0.15) is 23.5 Å². The van der Waals surface area contributed by atoms with Crippen molar-refractivity contribution in [2.75, 3.05) is 12.0 Å². The van der Waals surface area contributed by atoms with Gasteiger partial charge in [-0.2, -0.15) is 0 Å². The first-order chi connectivity index (χ1) is 15.7. The minimum absolute atomic E-state index is 0.165. The van der Waals surface area contributed by atoms with E-state index in [-0.39, 0.29) is 17.8 Å². The number of phenols is 1. The number of nitrogens with one attached hydrogen (secondary N) is 1. The van der Waals surface area contributed by atoms with Gasteiger partial charge in [0.25, 0.3) is 0 Å². The topological polar surface area (TPSA) is 62.5 Å². The number of aromatic nitrogens is 2. The zero-order chi connectivity index (χ0) is 22.1. The molecule has 1 aliphatic rings. The summed E-state index contributed by atoms with van der Waals surface area (Å²) in [5, 5.41) is 14.6. The van der Waals surface area contributed by atoms with E-state index in [4.69, 9.17) is 17.0 Å². The van der Waals surface area contributed by atoms with Gasteiger partial charge in [0.05, 0.1) is 30.2 Å². The van der Waals surface area contributed by atoms with Crippen LogP contribution in [-0.2, 0) is 0 Å². The molecular weight excluding hydrogens is 420 g/mol. The van der Waals surface area contributed by atoms with E-state index in [9.17, 15) is 5.11 Å². The van der Waals surface area contributed by atoms with E-state index in [1.807, 2.05) is 71.8 Å². The van der Waals surface area contributed by atoms with Crippen molar-refractivity contribution in [1.29, 1.82) is 0 Å². The molecule has 6 nitrogen and oxygen atoms in total. The third-order valence-electron chi connectivity index (χ3n) is 5.67. The number of ether oxygens (including phenoxy) is 1. The number of methoxy groups -OCH3 is 1. The Morgan fingerprint density at radius 1 is 0.938 bits per heavy atom. The molecule has 7 heteroatoms. The standard InChI is InChI=1S/C25H22N4O2S/c1-31-22-14-5-3-11-19(22)28-16-8-12-20(28)24-23(17-9-6-7-15-26-17)27-25(32)29(24)18-10-2-4-13-21(18)30/h2-16,23-24,30H,1H3,(H,27,32). The summed E-state index contributed by atoms with van der Waals surface area (Å²) in [7, 11) is 1.67. The molecule has 2 unspecified atom stereocenters. The number of pyridine rings is 1. The van der Waals surface area contributed by atoms with Crippen LogP contribution < -0.4 is 15.0 Å². The van der Waals surface area contributed by atoms with Crippen molar-refractivity contribution in [3.63, 3.8) is 0 Å². The van der Waals surface area contributed by atoms with Crippen LogP contribution in [0.3, 0.4) is 0 Å². The lowest BCUT2D eigenvalue weighted by Gasteiger charge is -2.29. The summed E-state index contributed by atoms with van der Waals surface area (Å²) in [6, 6.07) is 24.5. The number of para-hydroxylation sites is 4. The highest BCUT2D eigenvalue weighted by Gasteiger charge is 2.43. The van der Waals surface area contributed by atoms with Crippen molar-refractivity contribution in [3.05, 3.63) is 103 Å². The van der Waals surface area contributed by atoms with Crippen LogP contribution in [-0.4, -0.2) is 26.9 Å². The molecule has 32 heavy (non-hydrogen) atoms. The van der Waals surface area contributed by atoms with E-state index in [0.717, 1.165) is 22.8 Å². The molecule has 1 saturated heterocycles. The van der Waals surface area contributed by atoms with Crippen LogP contribution in [0.5, 0.6) is 11.5 Å². The van der Waals surface area contributed by atoms with Crippen LogP contribution in [0.15, 0.2) is 91.3 Å². The lowest BCUT2D eigenvalue weighted by atomic mass is 10.0. The molecule has 0 radical (unpaired) electrons. The molecule has 2 atom stereocenters. The second-order valence-electron chi connectivity index (χ2n) is 7.46. The monoisotopic (exact) mass is 442 g/mol. The first-order valence-electron chi connectivity index (χ1n) is 10.3. The van der Waals surface area contributed by atoms with E-state index in [1.165, 1.54) is 0 Å². The van der Waals surface area contributed by atoms with E-state index in [0.29, 0.717) is 10.8 Å². The number of nitrogens with zero attached hydrogens (tertiary/aromatic N) is 3. The van der Waals surface area contributed by atoms with E-state index >= 15 is 0 Å². The maximum absolute atomic E-state index is 10.7. The van der Waals surface area contributed by atoms with Crippen molar-refractivity contribution >= 4 is 23.0 Å². The predicted molar refractivity (Wildman–Crippen MR) is 128 cm³/mol. The summed E-state index contributed by atoms with van der Waals surface area (Å²) in [5.74, 6) is 0.931. The first-order valence-corrected chi connectivity index (χ1v) is 10.7. The Bertz CT molecular complexity index is 1260. The number of hydrogen-bond acceptors (Lipinski definition) is 4. The fourth-order valence-corrected chi connectivity index (χ4v) is 4.60. The fourth-order valence-electron chi connectivity index (χ4n) is 4.27. The predicted octanol–water partition coefficient (Wildman–Crippen LogP) is 4.76. The normalized spacial score (nSPS) is 17.9. The SMILES string of the molecule is COc1ccccc1-n1cccc1C1C(c2ccccn2)NC(=S)N1c1ccccc1O. The lowest BCUT2D eigenvalue weighted by Crippen LogP contribution is -2.30. The first kappa shape index (κ1) is 20.1. The second kappa shape index (κ2) is 8.36. The summed E-state index contributed by atoms with van der Waals surface area (Å²) in [6.45, 7) is 0. The Labute approximate surface area is 191 Å². The highest BCUT2D eigenvalue weighted by molar-refractivity contribution is 7.80. The highest BCUT2D eigenvalue weighted by atomic mass is 32.1. The minimum atomic E-state index is -0.259. The van der Waals surface area contributed by atoms with Gasteiger partial charge >= 0.3 is 0 Å². The number of thiocarbonyl (C=S) groups is 1. The average Bonchev–Trinajstić information content (AvgIpc) is 3.44. The summed E-state index contributed by atoms with van der Waals surface area (Å²) in [6.07, 6.45) is 3.78. The maximum atomic E-state index is 10.7. The molecule has 2 N–H and O–H groups in total. The number of benzene rings is 2. The molecule has 160 valence electrons.